The van der Waals surface area contributed by atoms with Crippen LogP contribution in [0.25, 0.3) is 10.9 Å². The standard InChI is InChI=1S/C14H16N4/c1-9(2)8-16-14-11-6-10(3)4-5-12(11)17-18-13(14)7-15/h4-6,9H,8H2,1-3H3,(H,16,17). The molecule has 92 valence electrons. The van der Waals surface area contributed by atoms with Gasteiger partial charge in [-0.1, -0.05) is 25.5 Å². The Balaban J connectivity index is 2.57. The summed E-state index contributed by atoms with van der Waals surface area (Å²) in [5.74, 6) is 0.504. The molecule has 0 aliphatic rings. The predicted molar refractivity (Wildman–Crippen MR) is 72.3 cm³/mol. The number of nitrogens with zero attached hydrogens (tertiary/aromatic N) is 3. The maximum absolute atomic E-state index is 9.12. The molecule has 0 fully saturated rings. The third-order valence-electron chi connectivity index (χ3n) is 2.71. The molecular formula is C14H16N4. The van der Waals surface area contributed by atoms with E-state index >= 15 is 0 Å². The fraction of sp³-hybridized carbons (Fsp3) is 0.357. The van der Waals surface area contributed by atoms with Gasteiger partial charge in [-0.2, -0.15) is 5.26 Å². The van der Waals surface area contributed by atoms with Crippen LogP contribution in [0.15, 0.2) is 18.2 Å². The SMILES string of the molecule is Cc1ccc2nnc(C#N)c(NCC(C)C)c2c1. The van der Waals surface area contributed by atoms with E-state index < -0.39 is 0 Å². The van der Waals surface area contributed by atoms with E-state index in [0.29, 0.717) is 11.6 Å². The summed E-state index contributed by atoms with van der Waals surface area (Å²) in [5.41, 5.74) is 3.10. The van der Waals surface area contributed by atoms with Crippen molar-refractivity contribution in [3.63, 3.8) is 0 Å². The van der Waals surface area contributed by atoms with Gasteiger partial charge in [0.1, 0.15) is 6.07 Å². The van der Waals surface area contributed by atoms with Crippen molar-refractivity contribution in [3.05, 3.63) is 29.5 Å². The van der Waals surface area contributed by atoms with Crippen LogP contribution in [0, 0.1) is 24.2 Å². The number of fused-ring (bicyclic) bond motifs is 1. The molecule has 0 saturated carbocycles. The highest BCUT2D eigenvalue weighted by molar-refractivity contribution is 5.93. The van der Waals surface area contributed by atoms with Crippen molar-refractivity contribution in [2.75, 3.05) is 11.9 Å². The van der Waals surface area contributed by atoms with Crippen LogP contribution in [-0.4, -0.2) is 16.7 Å². The summed E-state index contributed by atoms with van der Waals surface area (Å²) in [5, 5.41) is 21.4. The van der Waals surface area contributed by atoms with Crippen molar-refractivity contribution in [1.29, 1.82) is 5.26 Å². The summed E-state index contributed by atoms with van der Waals surface area (Å²) in [6, 6.07) is 8.06. The molecule has 0 unspecified atom stereocenters. The molecule has 0 saturated heterocycles. The second kappa shape index (κ2) is 5.01. The Hall–Kier alpha value is -2.15. The Kier molecular flexibility index (Phi) is 3.42. The van der Waals surface area contributed by atoms with Gasteiger partial charge in [-0.25, -0.2) is 0 Å². The van der Waals surface area contributed by atoms with Gasteiger partial charge < -0.3 is 5.32 Å². The molecule has 1 N–H and O–H groups in total. The highest BCUT2D eigenvalue weighted by Crippen LogP contribution is 2.25. The third kappa shape index (κ3) is 2.40. The first kappa shape index (κ1) is 12.3. The van der Waals surface area contributed by atoms with E-state index in [1.165, 1.54) is 0 Å². The molecule has 1 heterocycles. The number of hydrogen-bond donors (Lipinski definition) is 1. The molecule has 2 rings (SSSR count). The first-order valence-electron chi connectivity index (χ1n) is 6.03. The average Bonchev–Trinajstić information content (AvgIpc) is 2.35. The number of anilines is 1. The number of nitriles is 1. The highest BCUT2D eigenvalue weighted by atomic mass is 15.1. The molecule has 2 aromatic rings. The quantitative estimate of drug-likeness (QED) is 0.896. The third-order valence-corrected chi connectivity index (χ3v) is 2.71. The summed E-state index contributed by atoms with van der Waals surface area (Å²) in [7, 11) is 0. The number of benzene rings is 1. The zero-order chi connectivity index (χ0) is 13.1. The summed E-state index contributed by atoms with van der Waals surface area (Å²) in [6.07, 6.45) is 0. The van der Waals surface area contributed by atoms with Crippen LogP contribution in [0.2, 0.25) is 0 Å². The van der Waals surface area contributed by atoms with Crippen LogP contribution in [0.4, 0.5) is 5.69 Å². The minimum Gasteiger partial charge on any atom is -0.382 e. The van der Waals surface area contributed by atoms with Crippen LogP contribution >= 0.6 is 0 Å². The lowest BCUT2D eigenvalue weighted by Gasteiger charge is -2.12. The number of rotatable bonds is 3. The maximum Gasteiger partial charge on any atom is 0.186 e. The second-order valence-corrected chi connectivity index (χ2v) is 4.83. The van der Waals surface area contributed by atoms with Gasteiger partial charge >= 0.3 is 0 Å². The topological polar surface area (TPSA) is 61.6 Å². The minimum absolute atomic E-state index is 0.355. The van der Waals surface area contributed by atoms with Crippen LogP contribution in [0.5, 0.6) is 0 Å². The molecule has 0 radical (unpaired) electrons. The summed E-state index contributed by atoms with van der Waals surface area (Å²) in [4.78, 5) is 0. The van der Waals surface area contributed by atoms with E-state index in [2.05, 4.69) is 35.4 Å². The first-order chi connectivity index (χ1) is 8.61. The zero-order valence-electron chi connectivity index (χ0n) is 10.9. The number of aryl methyl sites for hydroxylation is 1. The van der Waals surface area contributed by atoms with E-state index in [1.807, 2.05) is 25.1 Å². The molecule has 0 aliphatic heterocycles. The molecule has 0 spiro atoms. The van der Waals surface area contributed by atoms with Gasteiger partial charge in [-0.05, 0) is 25.0 Å². The van der Waals surface area contributed by atoms with Crippen molar-refractivity contribution in [3.8, 4) is 6.07 Å². The number of aromatic nitrogens is 2. The van der Waals surface area contributed by atoms with E-state index in [-0.39, 0.29) is 0 Å². The van der Waals surface area contributed by atoms with E-state index in [9.17, 15) is 0 Å². The summed E-state index contributed by atoms with van der Waals surface area (Å²) in [6.45, 7) is 7.09. The lowest BCUT2D eigenvalue weighted by atomic mass is 10.1. The largest absolute Gasteiger partial charge is 0.382 e. The molecule has 4 nitrogen and oxygen atoms in total. The van der Waals surface area contributed by atoms with Crippen LogP contribution in [0.1, 0.15) is 25.1 Å². The van der Waals surface area contributed by atoms with Crippen molar-refractivity contribution in [1.82, 2.24) is 10.2 Å². The van der Waals surface area contributed by atoms with Gasteiger partial charge in [0.2, 0.25) is 0 Å². The number of nitrogens with one attached hydrogen (secondary N) is 1. The van der Waals surface area contributed by atoms with Crippen LogP contribution in [0.3, 0.4) is 0 Å². The maximum atomic E-state index is 9.12. The van der Waals surface area contributed by atoms with Gasteiger partial charge in [0.15, 0.2) is 5.69 Å². The van der Waals surface area contributed by atoms with Gasteiger partial charge in [0.25, 0.3) is 0 Å². The fourth-order valence-corrected chi connectivity index (χ4v) is 1.78. The van der Waals surface area contributed by atoms with Gasteiger partial charge in [-0.15, -0.1) is 10.2 Å². The van der Waals surface area contributed by atoms with E-state index in [0.717, 1.165) is 28.7 Å². The zero-order valence-corrected chi connectivity index (χ0v) is 10.9. The normalized spacial score (nSPS) is 10.6. The van der Waals surface area contributed by atoms with Gasteiger partial charge in [0.05, 0.1) is 11.2 Å². The van der Waals surface area contributed by atoms with Crippen LogP contribution in [-0.2, 0) is 0 Å². The second-order valence-electron chi connectivity index (χ2n) is 4.83. The minimum atomic E-state index is 0.355. The predicted octanol–water partition coefficient (Wildman–Crippen LogP) is 2.88. The lowest BCUT2D eigenvalue weighted by molar-refractivity contribution is 0.689. The summed E-state index contributed by atoms with van der Waals surface area (Å²) >= 11 is 0. The molecule has 0 bridgehead atoms. The Bertz CT molecular complexity index is 611. The monoisotopic (exact) mass is 240 g/mol. The average molecular weight is 240 g/mol. The van der Waals surface area contributed by atoms with Gasteiger partial charge in [0, 0.05) is 11.9 Å². The molecule has 1 aromatic heterocycles. The Morgan fingerprint density at radius 1 is 1.33 bits per heavy atom. The fourth-order valence-electron chi connectivity index (χ4n) is 1.78. The van der Waals surface area contributed by atoms with Crippen molar-refractivity contribution in [2.45, 2.75) is 20.8 Å². The van der Waals surface area contributed by atoms with Crippen molar-refractivity contribution in [2.24, 2.45) is 5.92 Å². The molecule has 0 amide bonds. The number of hydrogen-bond acceptors (Lipinski definition) is 4. The molecule has 18 heavy (non-hydrogen) atoms. The molecular weight excluding hydrogens is 224 g/mol. The first-order valence-corrected chi connectivity index (χ1v) is 6.03. The Morgan fingerprint density at radius 2 is 2.11 bits per heavy atom. The van der Waals surface area contributed by atoms with Crippen LogP contribution < -0.4 is 5.32 Å². The Morgan fingerprint density at radius 3 is 2.78 bits per heavy atom. The smallest absolute Gasteiger partial charge is 0.186 e. The molecule has 4 heteroatoms. The van der Waals surface area contributed by atoms with Gasteiger partial charge in [-0.3, -0.25) is 0 Å². The molecule has 1 aromatic carbocycles. The molecule has 0 atom stereocenters. The highest BCUT2D eigenvalue weighted by Gasteiger charge is 2.10. The summed E-state index contributed by atoms with van der Waals surface area (Å²) < 4.78 is 0. The van der Waals surface area contributed by atoms with Crippen molar-refractivity contribution < 1.29 is 0 Å². The van der Waals surface area contributed by atoms with Crippen molar-refractivity contribution >= 4 is 16.6 Å². The lowest BCUT2D eigenvalue weighted by Crippen LogP contribution is -2.10. The van der Waals surface area contributed by atoms with E-state index in [4.69, 9.17) is 5.26 Å². The molecule has 0 aliphatic carbocycles. The Labute approximate surface area is 107 Å². The van der Waals surface area contributed by atoms with E-state index in [1.54, 1.807) is 0 Å².